The molecular weight excluding hydrogens is 307 g/mol. The number of aromatic nitrogens is 2. The molecule has 7 heteroatoms. The van der Waals surface area contributed by atoms with Crippen LogP contribution in [0.1, 0.15) is 18.4 Å². The summed E-state index contributed by atoms with van der Waals surface area (Å²) < 4.78 is 0. The summed E-state index contributed by atoms with van der Waals surface area (Å²) in [5.41, 5.74) is 0.923. The van der Waals surface area contributed by atoms with E-state index in [1.165, 1.54) is 12.8 Å². The number of rotatable bonds is 4. The Kier molecular flexibility index (Phi) is 7.32. The van der Waals surface area contributed by atoms with Gasteiger partial charge in [-0.1, -0.05) is 11.6 Å². The zero-order valence-corrected chi connectivity index (χ0v) is 13.2. The minimum atomic E-state index is 0. The lowest BCUT2D eigenvalue weighted by molar-refractivity contribution is 0.237. The lowest BCUT2D eigenvalue weighted by Gasteiger charge is -2.27. The highest BCUT2D eigenvalue weighted by molar-refractivity contribution is 6.32. The van der Waals surface area contributed by atoms with Crippen LogP contribution < -0.4 is 5.32 Å². The molecule has 108 valence electrons. The first-order chi connectivity index (χ1) is 8.65. The van der Waals surface area contributed by atoms with Crippen LogP contribution in [0.15, 0.2) is 6.20 Å². The molecule has 2 rings (SSSR count). The summed E-state index contributed by atoms with van der Waals surface area (Å²) in [5.74, 6) is 0.718. The van der Waals surface area contributed by atoms with Gasteiger partial charge in [0.2, 0.25) is 5.28 Å². The normalized spacial score (nSPS) is 19.3. The first-order valence-electron chi connectivity index (χ1n) is 6.21. The highest BCUT2D eigenvalue weighted by atomic mass is 35.5. The maximum absolute atomic E-state index is 6.04. The van der Waals surface area contributed by atoms with Crippen LogP contribution in [-0.2, 0) is 6.54 Å². The fourth-order valence-corrected chi connectivity index (χ4v) is 2.71. The maximum Gasteiger partial charge on any atom is 0.223 e. The van der Waals surface area contributed by atoms with Crippen molar-refractivity contribution in [2.24, 2.45) is 5.92 Å². The Balaban J connectivity index is 0.00000180. The van der Waals surface area contributed by atoms with Gasteiger partial charge < -0.3 is 10.2 Å². The van der Waals surface area contributed by atoms with Gasteiger partial charge in [-0.2, -0.15) is 0 Å². The molecule has 0 spiro atoms. The second kappa shape index (κ2) is 8.22. The van der Waals surface area contributed by atoms with Crippen molar-refractivity contribution in [3.8, 4) is 0 Å². The molecule has 1 aliphatic heterocycles. The predicted molar refractivity (Wildman–Crippen MR) is 81.2 cm³/mol. The average Bonchev–Trinajstić information content (AvgIpc) is 2.34. The molecule has 4 nitrogen and oxygen atoms in total. The third-order valence-electron chi connectivity index (χ3n) is 3.19. The van der Waals surface area contributed by atoms with Crippen LogP contribution in [0.4, 0.5) is 0 Å². The summed E-state index contributed by atoms with van der Waals surface area (Å²) in [4.78, 5) is 10.2. The average molecular weight is 326 g/mol. The van der Waals surface area contributed by atoms with Gasteiger partial charge in [0.1, 0.15) is 5.15 Å². The van der Waals surface area contributed by atoms with E-state index >= 15 is 0 Å². The molecule has 0 saturated carbocycles. The monoisotopic (exact) mass is 324 g/mol. The number of hydrogen-bond donors (Lipinski definition) is 1. The molecule has 0 bridgehead atoms. The fraction of sp³-hybridized carbons (Fsp3) is 0.667. The molecule has 1 saturated heterocycles. The van der Waals surface area contributed by atoms with Gasteiger partial charge in [-0.05, 0) is 50.5 Å². The van der Waals surface area contributed by atoms with Crippen molar-refractivity contribution < 1.29 is 0 Å². The Hall–Kier alpha value is -0.130. The molecule has 1 aromatic rings. The molecule has 1 atom stereocenters. The molecule has 0 amide bonds. The Bertz CT molecular complexity index is 397. The minimum absolute atomic E-state index is 0. The van der Waals surface area contributed by atoms with Crippen molar-refractivity contribution in [3.05, 3.63) is 22.2 Å². The maximum atomic E-state index is 6.04. The van der Waals surface area contributed by atoms with Crippen LogP contribution in [0.3, 0.4) is 0 Å². The topological polar surface area (TPSA) is 41.1 Å². The third-order valence-corrected chi connectivity index (χ3v) is 3.70. The molecule has 1 fully saturated rings. The molecular formula is C12H19Cl3N4. The Morgan fingerprint density at radius 2 is 2.26 bits per heavy atom. The summed E-state index contributed by atoms with van der Waals surface area (Å²) in [6, 6.07) is 0. The molecule has 1 unspecified atom stereocenters. The summed E-state index contributed by atoms with van der Waals surface area (Å²) in [6.45, 7) is 4.07. The first-order valence-corrected chi connectivity index (χ1v) is 6.97. The molecule has 0 aliphatic carbocycles. The van der Waals surface area contributed by atoms with E-state index in [1.807, 2.05) is 0 Å². The van der Waals surface area contributed by atoms with Gasteiger partial charge in [-0.15, -0.1) is 12.4 Å². The van der Waals surface area contributed by atoms with Crippen LogP contribution in [0, 0.1) is 5.92 Å². The van der Waals surface area contributed by atoms with Crippen LogP contribution in [-0.4, -0.2) is 41.5 Å². The quantitative estimate of drug-likeness (QED) is 0.682. The fourth-order valence-electron chi connectivity index (χ4n) is 2.35. The Morgan fingerprint density at radius 3 is 2.89 bits per heavy atom. The van der Waals surface area contributed by atoms with E-state index in [1.54, 1.807) is 6.20 Å². The second-order valence-corrected chi connectivity index (χ2v) is 5.56. The molecule has 0 radical (unpaired) electrons. The van der Waals surface area contributed by atoms with Gasteiger partial charge in [0.05, 0.1) is 0 Å². The molecule has 2 heterocycles. The van der Waals surface area contributed by atoms with E-state index < -0.39 is 0 Å². The van der Waals surface area contributed by atoms with Crippen molar-refractivity contribution in [2.75, 3.05) is 26.7 Å². The lowest BCUT2D eigenvalue weighted by atomic mass is 9.99. The highest BCUT2D eigenvalue weighted by Gasteiger charge is 2.16. The van der Waals surface area contributed by atoms with Crippen LogP contribution in [0.25, 0.3) is 0 Å². The smallest absolute Gasteiger partial charge is 0.223 e. The van der Waals surface area contributed by atoms with E-state index in [2.05, 4.69) is 27.2 Å². The summed E-state index contributed by atoms with van der Waals surface area (Å²) in [5, 5.41) is 4.07. The zero-order chi connectivity index (χ0) is 13.0. The van der Waals surface area contributed by atoms with Crippen LogP contribution in [0.5, 0.6) is 0 Å². The van der Waals surface area contributed by atoms with Gasteiger partial charge in [0.15, 0.2) is 0 Å². The minimum Gasteiger partial charge on any atom is -0.316 e. The van der Waals surface area contributed by atoms with Gasteiger partial charge >= 0.3 is 0 Å². The Morgan fingerprint density at radius 1 is 1.47 bits per heavy atom. The predicted octanol–water partition coefficient (Wildman–Crippen LogP) is 2.64. The van der Waals surface area contributed by atoms with Gasteiger partial charge in [0.25, 0.3) is 0 Å². The summed E-state index contributed by atoms with van der Waals surface area (Å²) in [6.07, 6.45) is 4.26. The standard InChI is InChI=1S/C12H18Cl2N4.ClH/c1-18(7-9-3-2-4-15-5-9)8-10-6-16-12(14)17-11(10)13;/h6,9,15H,2-5,7-8H2,1H3;1H. The molecule has 1 aromatic heterocycles. The lowest BCUT2D eigenvalue weighted by Crippen LogP contribution is -2.36. The van der Waals surface area contributed by atoms with Crippen LogP contribution in [0.2, 0.25) is 10.4 Å². The van der Waals surface area contributed by atoms with Crippen molar-refractivity contribution in [1.29, 1.82) is 0 Å². The van der Waals surface area contributed by atoms with Crippen molar-refractivity contribution in [2.45, 2.75) is 19.4 Å². The van der Waals surface area contributed by atoms with Gasteiger partial charge in [0, 0.05) is 24.8 Å². The number of halogens is 3. The van der Waals surface area contributed by atoms with E-state index in [0.29, 0.717) is 5.15 Å². The number of nitrogens with one attached hydrogen (secondary N) is 1. The molecule has 0 aromatic carbocycles. The van der Waals surface area contributed by atoms with Crippen LogP contribution >= 0.6 is 35.6 Å². The van der Waals surface area contributed by atoms with Crippen molar-refractivity contribution >= 4 is 35.6 Å². The molecule has 19 heavy (non-hydrogen) atoms. The van der Waals surface area contributed by atoms with Gasteiger partial charge in [-0.3, -0.25) is 0 Å². The zero-order valence-electron chi connectivity index (χ0n) is 10.9. The largest absolute Gasteiger partial charge is 0.316 e. The van der Waals surface area contributed by atoms with E-state index in [-0.39, 0.29) is 17.7 Å². The Labute approximate surface area is 130 Å². The summed E-state index contributed by atoms with van der Waals surface area (Å²) in [7, 11) is 2.10. The van der Waals surface area contributed by atoms with Gasteiger partial charge in [-0.25, -0.2) is 9.97 Å². The number of nitrogens with zero attached hydrogens (tertiary/aromatic N) is 3. The second-order valence-electron chi connectivity index (χ2n) is 4.86. The summed E-state index contributed by atoms with van der Waals surface area (Å²) >= 11 is 11.7. The third kappa shape index (κ3) is 5.40. The highest BCUT2D eigenvalue weighted by Crippen LogP contribution is 2.17. The van der Waals surface area contributed by atoms with E-state index in [4.69, 9.17) is 23.2 Å². The molecule has 1 N–H and O–H groups in total. The van der Waals surface area contributed by atoms with E-state index in [0.717, 1.165) is 37.7 Å². The number of hydrogen-bond acceptors (Lipinski definition) is 4. The molecule has 1 aliphatic rings. The van der Waals surface area contributed by atoms with Crippen molar-refractivity contribution in [1.82, 2.24) is 20.2 Å². The first kappa shape index (κ1) is 16.9. The van der Waals surface area contributed by atoms with E-state index in [9.17, 15) is 0 Å². The van der Waals surface area contributed by atoms with Crippen molar-refractivity contribution in [3.63, 3.8) is 0 Å². The SMILES string of the molecule is CN(Cc1cnc(Cl)nc1Cl)CC1CCCNC1.Cl. The number of piperidine rings is 1.